The van der Waals surface area contributed by atoms with Gasteiger partial charge in [-0.2, -0.15) is 0 Å². The topological polar surface area (TPSA) is 65.2 Å². The van der Waals surface area contributed by atoms with Crippen LogP contribution in [0.2, 0.25) is 5.02 Å². The summed E-state index contributed by atoms with van der Waals surface area (Å²) in [5.74, 6) is 1.22. The van der Waals surface area contributed by atoms with Crippen LogP contribution in [0.15, 0.2) is 33.9 Å². The number of nitrogens with zero attached hydrogens (tertiary/aromatic N) is 2. The molecule has 1 aromatic carbocycles. The van der Waals surface area contributed by atoms with E-state index in [1.54, 1.807) is 12.1 Å². The van der Waals surface area contributed by atoms with Gasteiger partial charge in [0.1, 0.15) is 11.5 Å². The summed E-state index contributed by atoms with van der Waals surface area (Å²) in [7, 11) is 0. The molecular weight excluding hydrogens is 336 g/mol. The van der Waals surface area contributed by atoms with Crippen molar-refractivity contribution in [1.29, 1.82) is 0 Å². The second-order valence-electron chi connectivity index (χ2n) is 5.35. The Hall–Kier alpha value is -1.53. The first kappa shape index (κ1) is 16.3. The van der Waals surface area contributed by atoms with E-state index in [1.165, 1.54) is 11.8 Å². The first-order chi connectivity index (χ1) is 11.2. The van der Waals surface area contributed by atoms with Gasteiger partial charge in [0.15, 0.2) is 6.61 Å². The molecule has 2 aromatic rings. The lowest BCUT2D eigenvalue weighted by Gasteiger charge is -2.08. The van der Waals surface area contributed by atoms with Crippen LogP contribution in [0.5, 0.6) is 5.75 Å². The van der Waals surface area contributed by atoms with Gasteiger partial charge in [-0.3, -0.25) is 4.79 Å². The zero-order chi connectivity index (χ0) is 16.1. The maximum atomic E-state index is 12.0. The van der Waals surface area contributed by atoms with Crippen LogP contribution in [0.1, 0.15) is 38.0 Å². The minimum atomic E-state index is -0.0738. The second kappa shape index (κ2) is 7.84. The van der Waals surface area contributed by atoms with Gasteiger partial charge in [0.2, 0.25) is 0 Å². The summed E-state index contributed by atoms with van der Waals surface area (Å²) in [5, 5.41) is 8.83. The zero-order valence-electron chi connectivity index (χ0n) is 12.5. The number of ether oxygens (including phenoxy) is 1. The molecule has 0 amide bonds. The number of aromatic nitrogens is 2. The highest BCUT2D eigenvalue weighted by atomic mass is 35.5. The van der Waals surface area contributed by atoms with Gasteiger partial charge < -0.3 is 9.15 Å². The number of benzene rings is 1. The summed E-state index contributed by atoms with van der Waals surface area (Å²) in [6.07, 6.45) is 4.69. The lowest BCUT2D eigenvalue weighted by atomic mass is 10.2. The van der Waals surface area contributed by atoms with Crippen LogP contribution in [-0.2, 0) is 11.4 Å². The van der Waals surface area contributed by atoms with E-state index in [2.05, 4.69) is 10.2 Å². The fourth-order valence-corrected chi connectivity index (χ4v) is 3.62. The molecule has 1 aromatic heterocycles. The van der Waals surface area contributed by atoms with Crippen molar-refractivity contribution in [3.63, 3.8) is 0 Å². The van der Waals surface area contributed by atoms with Crippen molar-refractivity contribution in [1.82, 2.24) is 10.2 Å². The van der Waals surface area contributed by atoms with E-state index in [0.717, 1.165) is 25.7 Å². The van der Waals surface area contributed by atoms with Gasteiger partial charge in [-0.25, -0.2) is 0 Å². The summed E-state index contributed by atoms with van der Waals surface area (Å²) >= 11 is 7.38. The van der Waals surface area contributed by atoms with Crippen LogP contribution in [0.25, 0.3) is 0 Å². The minimum absolute atomic E-state index is 0.0738. The van der Waals surface area contributed by atoms with Crippen molar-refractivity contribution >= 4 is 29.1 Å². The summed E-state index contributed by atoms with van der Waals surface area (Å²) in [4.78, 5) is 12.0. The number of para-hydroxylation sites is 1. The third kappa shape index (κ3) is 4.48. The predicted molar refractivity (Wildman–Crippen MR) is 87.8 cm³/mol. The van der Waals surface area contributed by atoms with E-state index in [1.807, 2.05) is 12.1 Å². The van der Waals surface area contributed by atoms with E-state index in [0.29, 0.717) is 28.3 Å². The van der Waals surface area contributed by atoms with Gasteiger partial charge >= 0.3 is 0 Å². The largest absolute Gasteiger partial charge is 0.482 e. The van der Waals surface area contributed by atoms with Crippen molar-refractivity contribution in [2.75, 3.05) is 0 Å². The molecule has 0 bridgehead atoms. The quantitative estimate of drug-likeness (QED) is 0.747. The van der Waals surface area contributed by atoms with Crippen LogP contribution >= 0.6 is 23.4 Å². The van der Waals surface area contributed by atoms with Crippen molar-refractivity contribution in [3.05, 3.63) is 35.2 Å². The van der Waals surface area contributed by atoms with Gasteiger partial charge in [-0.1, -0.05) is 48.3 Å². The van der Waals surface area contributed by atoms with E-state index >= 15 is 0 Å². The van der Waals surface area contributed by atoms with Gasteiger partial charge in [0, 0.05) is 6.42 Å². The Balaban J connectivity index is 1.57. The smallest absolute Gasteiger partial charge is 0.277 e. The van der Waals surface area contributed by atoms with Crippen molar-refractivity contribution < 1.29 is 13.9 Å². The molecular formula is C16H17ClN2O3S. The number of carbonyl (C=O) groups is 1. The van der Waals surface area contributed by atoms with Gasteiger partial charge in [-0.05, 0) is 25.0 Å². The molecule has 122 valence electrons. The second-order valence-corrected chi connectivity index (χ2v) is 6.91. The molecule has 1 saturated carbocycles. The van der Waals surface area contributed by atoms with E-state index in [4.69, 9.17) is 20.8 Å². The van der Waals surface area contributed by atoms with E-state index in [9.17, 15) is 4.79 Å². The summed E-state index contributed by atoms with van der Waals surface area (Å²) in [6, 6.07) is 7.20. The Morgan fingerprint density at radius 2 is 2.13 bits per heavy atom. The van der Waals surface area contributed by atoms with Gasteiger partial charge in [0.05, 0.1) is 10.3 Å². The molecule has 1 aliphatic carbocycles. The Labute approximate surface area is 143 Å². The number of thioether (sulfide) groups is 1. The minimum Gasteiger partial charge on any atom is -0.482 e. The van der Waals surface area contributed by atoms with Crippen LogP contribution in [-0.4, -0.2) is 21.2 Å². The summed E-state index contributed by atoms with van der Waals surface area (Å²) < 4.78 is 11.1. The number of rotatable bonds is 5. The number of ketones is 1. The number of hydrogen-bond acceptors (Lipinski definition) is 6. The molecule has 1 fully saturated rings. The van der Waals surface area contributed by atoms with Crippen LogP contribution in [0.4, 0.5) is 0 Å². The van der Waals surface area contributed by atoms with Gasteiger partial charge in [0.25, 0.3) is 11.1 Å². The Kier molecular flexibility index (Phi) is 5.56. The monoisotopic (exact) mass is 352 g/mol. The van der Waals surface area contributed by atoms with E-state index in [-0.39, 0.29) is 17.6 Å². The lowest BCUT2D eigenvalue weighted by molar-refractivity contribution is -0.118. The molecule has 1 atom stereocenters. The molecule has 3 rings (SSSR count). The first-order valence-electron chi connectivity index (χ1n) is 7.61. The molecule has 1 heterocycles. The van der Waals surface area contributed by atoms with Crippen LogP contribution < -0.4 is 4.74 Å². The molecule has 5 nitrogen and oxygen atoms in total. The Morgan fingerprint density at radius 1 is 1.26 bits per heavy atom. The van der Waals surface area contributed by atoms with Crippen LogP contribution in [0, 0.1) is 0 Å². The fourth-order valence-electron chi connectivity index (χ4n) is 2.42. The number of carbonyl (C=O) groups excluding carboxylic acids is 1. The molecule has 0 radical (unpaired) electrons. The summed E-state index contributed by atoms with van der Waals surface area (Å²) in [5.41, 5.74) is 0. The Bertz CT molecular complexity index is 677. The Morgan fingerprint density at radius 3 is 3.00 bits per heavy atom. The number of Topliss-reactive ketones (excluding diaryl/α,β-unsaturated/α-hetero) is 1. The maximum Gasteiger partial charge on any atom is 0.277 e. The standard InChI is InChI=1S/C16H17ClN2O3S/c17-11-6-4-5-8-13(11)21-10-15-18-19-16(22-15)23-14-9-3-1-2-7-12(14)20/h4-6,8,14H,1-3,7,9-10H2/t14-/m0/s1. The zero-order valence-corrected chi connectivity index (χ0v) is 14.1. The molecule has 7 heteroatoms. The first-order valence-corrected chi connectivity index (χ1v) is 8.87. The summed E-state index contributed by atoms with van der Waals surface area (Å²) in [6.45, 7) is 0.149. The maximum absolute atomic E-state index is 12.0. The SMILES string of the molecule is O=C1CCCCC[C@@H]1Sc1nnc(COc2ccccc2Cl)o1. The number of hydrogen-bond donors (Lipinski definition) is 0. The number of halogens is 1. The van der Waals surface area contributed by atoms with Crippen LogP contribution in [0.3, 0.4) is 0 Å². The highest BCUT2D eigenvalue weighted by Gasteiger charge is 2.24. The van der Waals surface area contributed by atoms with Crippen molar-refractivity contribution in [2.24, 2.45) is 0 Å². The highest BCUT2D eigenvalue weighted by Crippen LogP contribution is 2.30. The molecule has 0 aliphatic heterocycles. The average molecular weight is 353 g/mol. The molecule has 0 saturated heterocycles. The lowest BCUT2D eigenvalue weighted by Crippen LogP contribution is -2.14. The molecule has 0 spiro atoms. The highest BCUT2D eigenvalue weighted by molar-refractivity contribution is 8.00. The van der Waals surface area contributed by atoms with Crippen molar-refractivity contribution in [3.8, 4) is 5.75 Å². The predicted octanol–water partition coefficient (Wildman–Crippen LogP) is 4.30. The normalized spacial score (nSPS) is 18.7. The fraction of sp³-hybridized carbons (Fsp3) is 0.438. The third-order valence-electron chi connectivity index (χ3n) is 3.63. The van der Waals surface area contributed by atoms with Crippen molar-refractivity contribution in [2.45, 2.75) is 49.2 Å². The molecule has 0 unspecified atom stereocenters. The average Bonchev–Trinajstić information content (AvgIpc) is 2.90. The molecule has 0 N–H and O–H groups in total. The third-order valence-corrected chi connectivity index (χ3v) is 5.09. The van der Waals surface area contributed by atoms with E-state index < -0.39 is 0 Å². The van der Waals surface area contributed by atoms with Gasteiger partial charge in [-0.15, -0.1) is 10.2 Å². The molecule has 23 heavy (non-hydrogen) atoms. The molecule has 1 aliphatic rings.